The van der Waals surface area contributed by atoms with Gasteiger partial charge in [-0.05, 0) is 61.0 Å². The molecule has 34 heavy (non-hydrogen) atoms. The molecule has 2 saturated carbocycles. The van der Waals surface area contributed by atoms with E-state index in [1.54, 1.807) is 12.1 Å². The van der Waals surface area contributed by atoms with Gasteiger partial charge in [0.05, 0.1) is 6.61 Å². The van der Waals surface area contributed by atoms with E-state index in [1.165, 1.54) is 89.9 Å². The fraction of sp³-hybridized carbons (Fsp3) is 0.806. The van der Waals surface area contributed by atoms with Gasteiger partial charge in [-0.1, -0.05) is 110 Å². The third-order valence-electron chi connectivity index (χ3n) is 8.79. The van der Waals surface area contributed by atoms with Crippen LogP contribution in [0.25, 0.3) is 0 Å². The molecule has 3 heteroatoms. The average Bonchev–Trinajstić information content (AvgIpc) is 2.86. The topological polar surface area (TPSA) is 9.23 Å². The second kappa shape index (κ2) is 15.1. The molecule has 0 radical (unpaired) electrons. The summed E-state index contributed by atoms with van der Waals surface area (Å²) in [5.74, 6) is 1.51. The lowest BCUT2D eigenvalue weighted by atomic mass is 9.78. The van der Waals surface area contributed by atoms with Crippen LogP contribution in [0.3, 0.4) is 0 Å². The third kappa shape index (κ3) is 8.83. The Morgan fingerprint density at radius 2 is 1.15 bits per heavy atom. The van der Waals surface area contributed by atoms with Crippen molar-refractivity contribution in [3.8, 4) is 5.75 Å². The number of rotatable bonds is 14. The number of hydrogen-bond donors (Lipinski definition) is 0. The molecule has 0 unspecified atom stereocenters. The molecule has 0 aromatic heterocycles. The Morgan fingerprint density at radius 3 is 1.68 bits per heavy atom. The van der Waals surface area contributed by atoms with Gasteiger partial charge in [0.2, 0.25) is 5.82 Å². The summed E-state index contributed by atoms with van der Waals surface area (Å²) in [6.07, 6.45) is 22.3. The van der Waals surface area contributed by atoms with E-state index in [4.69, 9.17) is 4.74 Å². The highest BCUT2D eigenvalue weighted by Gasteiger charge is 2.24. The SMILES string of the molecule is CCCCC[C@H]1CC[C@H](CCc2ccc(OC[C@H]3CC[C@H](CCCCC)CC3)c(F)c2F)CC1. The van der Waals surface area contributed by atoms with Gasteiger partial charge in [-0.25, -0.2) is 4.39 Å². The van der Waals surface area contributed by atoms with E-state index in [0.29, 0.717) is 30.4 Å². The van der Waals surface area contributed by atoms with Crippen molar-refractivity contribution in [2.75, 3.05) is 6.61 Å². The monoisotopic (exact) mass is 476 g/mol. The van der Waals surface area contributed by atoms with Gasteiger partial charge in [0.25, 0.3) is 0 Å². The van der Waals surface area contributed by atoms with E-state index in [2.05, 4.69) is 13.8 Å². The minimum absolute atomic E-state index is 0.0962. The van der Waals surface area contributed by atoms with Crippen LogP contribution in [0.4, 0.5) is 8.78 Å². The summed E-state index contributed by atoms with van der Waals surface area (Å²) in [5.41, 5.74) is 0.516. The average molecular weight is 477 g/mol. The Morgan fingerprint density at radius 1 is 0.647 bits per heavy atom. The Labute approximate surface area is 208 Å². The Kier molecular flexibility index (Phi) is 12.2. The van der Waals surface area contributed by atoms with Crippen molar-refractivity contribution in [3.05, 3.63) is 29.3 Å². The first kappa shape index (κ1) is 27.5. The van der Waals surface area contributed by atoms with Crippen LogP contribution in [0.1, 0.15) is 129 Å². The van der Waals surface area contributed by atoms with Crippen LogP contribution in [0.2, 0.25) is 0 Å². The van der Waals surface area contributed by atoms with Crippen molar-refractivity contribution >= 4 is 0 Å². The van der Waals surface area contributed by atoms with Gasteiger partial charge in [-0.2, -0.15) is 4.39 Å². The maximum Gasteiger partial charge on any atom is 0.200 e. The number of benzene rings is 1. The molecule has 194 valence electrons. The van der Waals surface area contributed by atoms with Gasteiger partial charge in [0.1, 0.15) is 0 Å². The van der Waals surface area contributed by atoms with Crippen LogP contribution >= 0.6 is 0 Å². The Bertz CT molecular complexity index is 628. The molecule has 1 aromatic carbocycles. The fourth-order valence-electron chi connectivity index (χ4n) is 6.31. The highest BCUT2D eigenvalue weighted by Crippen LogP contribution is 2.36. The van der Waals surface area contributed by atoms with Crippen molar-refractivity contribution in [1.82, 2.24) is 0 Å². The molecule has 0 aliphatic heterocycles. The zero-order chi connectivity index (χ0) is 24.2. The molecule has 1 aromatic rings. The molecule has 0 spiro atoms. The highest BCUT2D eigenvalue weighted by atomic mass is 19.2. The van der Waals surface area contributed by atoms with E-state index in [0.717, 1.165) is 31.1 Å². The largest absolute Gasteiger partial charge is 0.490 e. The van der Waals surface area contributed by atoms with Gasteiger partial charge >= 0.3 is 0 Å². The van der Waals surface area contributed by atoms with Crippen molar-refractivity contribution in [2.45, 2.75) is 129 Å². The maximum atomic E-state index is 14.8. The molecule has 0 N–H and O–H groups in total. The highest BCUT2D eigenvalue weighted by molar-refractivity contribution is 5.31. The van der Waals surface area contributed by atoms with E-state index in [1.807, 2.05) is 0 Å². The molecule has 0 heterocycles. The minimum atomic E-state index is -0.787. The van der Waals surface area contributed by atoms with Crippen LogP contribution in [-0.4, -0.2) is 6.61 Å². The number of unbranched alkanes of at least 4 members (excludes halogenated alkanes) is 4. The lowest BCUT2D eigenvalue weighted by Crippen LogP contribution is -2.20. The second-order valence-corrected chi connectivity index (χ2v) is 11.5. The van der Waals surface area contributed by atoms with Gasteiger partial charge in [-0.3, -0.25) is 0 Å². The fourth-order valence-corrected chi connectivity index (χ4v) is 6.31. The quantitative estimate of drug-likeness (QED) is 0.243. The van der Waals surface area contributed by atoms with Crippen molar-refractivity contribution in [3.63, 3.8) is 0 Å². The predicted octanol–water partition coefficient (Wildman–Crippen LogP) is 10.0. The predicted molar refractivity (Wildman–Crippen MR) is 139 cm³/mol. The van der Waals surface area contributed by atoms with Gasteiger partial charge in [0, 0.05) is 0 Å². The molecule has 0 amide bonds. The summed E-state index contributed by atoms with van der Waals surface area (Å²) >= 11 is 0. The van der Waals surface area contributed by atoms with E-state index in [-0.39, 0.29) is 5.75 Å². The molecule has 2 aliphatic rings. The third-order valence-corrected chi connectivity index (χ3v) is 8.79. The molecule has 3 rings (SSSR count). The van der Waals surface area contributed by atoms with Crippen LogP contribution in [-0.2, 0) is 6.42 Å². The van der Waals surface area contributed by atoms with E-state index < -0.39 is 11.6 Å². The van der Waals surface area contributed by atoms with E-state index in [9.17, 15) is 8.78 Å². The normalized spacial score (nSPS) is 25.4. The summed E-state index contributed by atoms with van der Waals surface area (Å²) in [4.78, 5) is 0. The molecule has 2 fully saturated rings. The molecule has 0 saturated heterocycles. The lowest BCUT2D eigenvalue weighted by molar-refractivity contribution is 0.172. The summed E-state index contributed by atoms with van der Waals surface area (Å²) in [6.45, 7) is 5.03. The second-order valence-electron chi connectivity index (χ2n) is 11.5. The number of aryl methyl sites for hydroxylation is 1. The van der Waals surface area contributed by atoms with Crippen LogP contribution < -0.4 is 4.74 Å². The molecular weight excluding hydrogens is 426 g/mol. The number of halogens is 2. The van der Waals surface area contributed by atoms with Gasteiger partial charge in [0.15, 0.2) is 11.6 Å². The molecule has 2 aliphatic carbocycles. The van der Waals surface area contributed by atoms with Gasteiger partial charge < -0.3 is 4.74 Å². The van der Waals surface area contributed by atoms with Crippen molar-refractivity contribution in [1.29, 1.82) is 0 Å². The van der Waals surface area contributed by atoms with Crippen molar-refractivity contribution < 1.29 is 13.5 Å². The van der Waals surface area contributed by atoms with E-state index >= 15 is 0 Å². The van der Waals surface area contributed by atoms with Crippen LogP contribution in [0.15, 0.2) is 12.1 Å². The summed E-state index contributed by atoms with van der Waals surface area (Å²) in [6, 6.07) is 3.42. The van der Waals surface area contributed by atoms with Crippen LogP contribution in [0.5, 0.6) is 5.75 Å². The summed E-state index contributed by atoms with van der Waals surface area (Å²) in [7, 11) is 0. The zero-order valence-corrected chi connectivity index (χ0v) is 22.1. The first-order valence-electron chi connectivity index (χ1n) is 14.7. The Hall–Kier alpha value is -1.12. The standard InChI is InChI=1S/C31H50F2O/c1-3-5-7-9-24-11-13-26(14-12-24)19-20-28-21-22-29(31(33)30(28)32)34-23-27-17-15-25(16-18-27)10-8-6-4-2/h21-22,24-27H,3-20,23H2,1-2H3/t24-,25-,26-,27-. The first-order valence-corrected chi connectivity index (χ1v) is 14.7. The minimum Gasteiger partial charge on any atom is -0.490 e. The molecular formula is C31H50F2O. The van der Waals surface area contributed by atoms with Crippen LogP contribution in [0, 0.1) is 35.3 Å². The van der Waals surface area contributed by atoms with Gasteiger partial charge in [-0.15, -0.1) is 0 Å². The maximum absolute atomic E-state index is 14.8. The molecule has 1 nitrogen and oxygen atoms in total. The Balaban J connectivity index is 1.37. The first-order chi connectivity index (χ1) is 16.6. The lowest BCUT2D eigenvalue weighted by Gasteiger charge is -2.29. The molecule has 0 bridgehead atoms. The smallest absolute Gasteiger partial charge is 0.200 e. The summed E-state index contributed by atoms with van der Waals surface area (Å²) in [5, 5.41) is 0. The zero-order valence-electron chi connectivity index (χ0n) is 22.1. The summed E-state index contributed by atoms with van der Waals surface area (Å²) < 4.78 is 35.3. The molecule has 0 atom stereocenters. The number of ether oxygens (including phenoxy) is 1. The van der Waals surface area contributed by atoms with Crippen molar-refractivity contribution in [2.24, 2.45) is 23.7 Å². The number of hydrogen-bond acceptors (Lipinski definition) is 1.